The minimum atomic E-state index is 0.672. The van der Waals surface area contributed by atoms with Gasteiger partial charge >= 0.3 is 0 Å². The van der Waals surface area contributed by atoms with Gasteiger partial charge in [-0.05, 0) is 48.8 Å². The highest BCUT2D eigenvalue weighted by Crippen LogP contribution is 2.34. The molecule has 2 aliphatic rings. The first kappa shape index (κ1) is 15.7. The number of piperidine rings is 1. The van der Waals surface area contributed by atoms with Crippen molar-refractivity contribution in [2.45, 2.75) is 38.8 Å². The third-order valence-electron chi connectivity index (χ3n) is 5.43. The van der Waals surface area contributed by atoms with Crippen LogP contribution in [0.2, 0.25) is 0 Å². The van der Waals surface area contributed by atoms with Gasteiger partial charge in [0.05, 0.1) is 12.9 Å². The fraction of sp³-hybridized carbons (Fsp3) is 0.550. The van der Waals surface area contributed by atoms with Crippen LogP contribution in [-0.2, 0) is 13.1 Å². The van der Waals surface area contributed by atoms with Crippen molar-refractivity contribution in [3.8, 4) is 5.75 Å². The van der Waals surface area contributed by atoms with E-state index >= 15 is 0 Å². The van der Waals surface area contributed by atoms with Crippen LogP contribution in [0.1, 0.15) is 31.2 Å². The summed E-state index contributed by atoms with van der Waals surface area (Å²) in [5.41, 5.74) is 1.40. The minimum Gasteiger partial charge on any atom is -0.492 e. The molecule has 1 aromatic carbocycles. The Bertz CT molecular complexity index is 611. The van der Waals surface area contributed by atoms with Crippen LogP contribution in [0.3, 0.4) is 0 Å². The van der Waals surface area contributed by atoms with Gasteiger partial charge in [-0.15, -0.1) is 0 Å². The first-order chi connectivity index (χ1) is 11.8. The molecular formula is C20H27N3O. The van der Waals surface area contributed by atoms with Gasteiger partial charge in [0.25, 0.3) is 0 Å². The van der Waals surface area contributed by atoms with E-state index in [1.807, 2.05) is 17.1 Å². The smallest absolute Gasteiger partial charge is 0.119 e. The van der Waals surface area contributed by atoms with Gasteiger partial charge < -0.3 is 9.30 Å². The lowest BCUT2D eigenvalue weighted by Crippen LogP contribution is -2.42. The highest BCUT2D eigenvalue weighted by molar-refractivity contribution is 5.27. The Kier molecular flexibility index (Phi) is 4.83. The Hall–Kier alpha value is -1.81. The second kappa shape index (κ2) is 7.39. The number of fused-ring (bicyclic) bond motifs is 2. The number of likely N-dealkylation sites (tertiary alicyclic amines) is 1. The van der Waals surface area contributed by atoms with E-state index in [4.69, 9.17) is 4.74 Å². The topological polar surface area (TPSA) is 30.3 Å². The summed E-state index contributed by atoms with van der Waals surface area (Å²) in [6.45, 7) is 5.17. The van der Waals surface area contributed by atoms with Crippen molar-refractivity contribution in [1.82, 2.24) is 14.5 Å². The summed E-state index contributed by atoms with van der Waals surface area (Å²) < 4.78 is 7.85. The summed E-state index contributed by atoms with van der Waals surface area (Å²) >= 11 is 0. The Morgan fingerprint density at radius 3 is 2.58 bits per heavy atom. The third kappa shape index (κ3) is 3.99. The van der Waals surface area contributed by atoms with Crippen LogP contribution in [0, 0.1) is 11.8 Å². The van der Waals surface area contributed by atoms with Crippen LogP contribution in [0.4, 0.5) is 0 Å². The van der Waals surface area contributed by atoms with E-state index in [2.05, 4.69) is 34.1 Å². The SMILES string of the molecule is c1cn(CCOc2ccc(CN3C[C@H]4CCC[C@@H](C4)C3)cc2)cn1. The lowest BCUT2D eigenvalue weighted by Gasteiger charge is -2.41. The van der Waals surface area contributed by atoms with Crippen molar-refractivity contribution in [3.05, 3.63) is 48.5 Å². The van der Waals surface area contributed by atoms with Gasteiger partial charge in [0.2, 0.25) is 0 Å². The number of benzene rings is 1. The van der Waals surface area contributed by atoms with Crippen LogP contribution in [-0.4, -0.2) is 34.1 Å². The summed E-state index contributed by atoms with van der Waals surface area (Å²) in [5.74, 6) is 2.85. The highest BCUT2D eigenvalue weighted by atomic mass is 16.5. The Balaban J connectivity index is 1.26. The maximum atomic E-state index is 5.82. The van der Waals surface area contributed by atoms with Crippen molar-refractivity contribution < 1.29 is 4.74 Å². The second-order valence-electron chi connectivity index (χ2n) is 7.39. The van der Waals surface area contributed by atoms with Gasteiger partial charge in [-0.1, -0.05) is 18.6 Å². The molecule has 24 heavy (non-hydrogen) atoms. The normalized spacial score (nSPS) is 24.0. The fourth-order valence-electron chi connectivity index (χ4n) is 4.31. The quantitative estimate of drug-likeness (QED) is 0.813. The first-order valence-corrected chi connectivity index (χ1v) is 9.25. The van der Waals surface area contributed by atoms with Gasteiger partial charge in [-0.2, -0.15) is 0 Å². The van der Waals surface area contributed by atoms with Crippen LogP contribution < -0.4 is 4.74 Å². The molecule has 0 radical (unpaired) electrons. The molecule has 2 heterocycles. The number of rotatable bonds is 6. The number of imidazole rings is 1. The van der Waals surface area contributed by atoms with Crippen LogP contribution in [0.5, 0.6) is 5.75 Å². The highest BCUT2D eigenvalue weighted by Gasteiger charge is 2.30. The van der Waals surface area contributed by atoms with Gasteiger partial charge in [0.15, 0.2) is 0 Å². The van der Waals surface area contributed by atoms with E-state index in [1.54, 1.807) is 6.20 Å². The van der Waals surface area contributed by atoms with E-state index in [-0.39, 0.29) is 0 Å². The standard InChI is InChI=1S/C20H27N3O/c1-2-18-12-19(3-1)15-23(14-18)13-17-4-6-20(7-5-17)24-11-10-22-9-8-21-16-22/h4-9,16,18-19H,1-3,10-15H2/t18-,19-/m0/s1. The molecule has 2 bridgehead atoms. The second-order valence-corrected chi connectivity index (χ2v) is 7.39. The van der Waals surface area contributed by atoms with Crippen molar-refractivity contribution in [2.75, 3.05) is 19.7 Å². The van der Waals surface area contributed by atoms with Crippen molar-refractivity contribution in [3.63, 3.8) is 0 Å². The molecule has 4 nitrogen and oxygen atoms in total. The molecular weight excluding hydrogens is 298 g/mol. The number of aromatic nitrogens is 2. The summed E-state index contributed by atoms with van der Waals surface area (Å²) in [7, 11) is 0. The van der Waals surface area contributed by atoms with E-state index in [0.29, 0.717) is 6.61 Å². The monoisotopic (exact) mass is 325 g/mol. The molecule has 0 N–H and O–H groups in total. The van der Waals surface area contributed by atoms with Gasteiger partial charge in [0.1, 0.15) is 12.4 Å². The molecule has 2 fully saturated rings. The molecule has 0 spiro atoms. The Morgan fingerprint density at radius 2 is 1.88 bits per heavy atom. The van der Waals surface area contributed by atoms with Crippen molar-refractivity contribution >= 4 is 0 Å². The lowest BCUT2D eigenvalue weighted by atomic mass is 9.78. The largest absolute Gasteiger partial charge is 0.492 e. The van der Waals surface area contributed by atoms with Crippen molar-refractivity contribution in [1.29, 1.82) is 0 Å². The Labute approximate surface area is 144 Å². The zero-order valence-electron chi connectivity index (χ0n) is 14.3. The van der Waals surface area contributed by atoms with E-state index < -0.39 is 0 Å². The molecule has 1 aliphatic heterocycles. The Morgan fingerprint density at radius 1 is 1.08 bits per heavy atom. The average molecular weight is 325 g/mol. The maximum absolute atomic E-state index is 5.82. The van der Waals surface area contributed by atoms with Crippen LogP contribution in [0.25, 0.3) is 0 Å². The molecule has 2 atom stereocenters. The zero-order chi connectivity index (χ0) is 16.2. The molecule has 1 saturated heterocycles. The van der Waals surface area contributed by atoms with E-state index in [1.165, 1.54) is 44.3 Å². The van der Waals surface area contributed by atoms with E-state index in [0.717, 1.165) is 30.7 Å². The lowest BCUT2D eigenvalue weighted by molar-refractivity contribution is 0.0808. The molecule has 4 heteroatoms. The van der Waals surface area contributed by atoms with Gasteiger partial charge in [-0.25, -0.2) is 4.98 Å². The summed E-state index contributed by atoms with van der Waals surface area (Å²) in [6.07, 6.45) is 11.4. The molecule has 1 aliphatic carbocycles. The number of ether oxygens (including phenoxy) is 1. The molecule has 4 rings (SSSR count). The number of hydrogen-bond acceptors (Lipinski definition) is 3. The zero-order valence-corrected chi connectivity index (χ0v) is 14.3. The average Bonchev–Trinajstić information content (AvgIpc) is 3.10. The molecule has 2 aromatic rings. The van der Waals surface area contributed by atoms with Gasteiger partial charge in [-0.3, -0.25) is 4.90 Å². The fourth-order valence-corrected chi connectivity index (χ4v) is 4.31. The predicted octanol–water partition coefficient (Wildman–Crippen LogP) is 3.58. The third-order valence-corrected chi connectivity index (χ3v) is 5.43. The molecule has 0 unspecified atom stereocenters. The maximum Gasteiger partial charge on any atom is 0.119 e. The summed E-state index contributed by atoms with van der Waals surface area (Å²) in [6, 6.07) is 8.65. The van der Waals surface area contributed by atoms with Crippen LogP contribution in [0.15, 0.2) is 43.0 Å². The predicted molar refractivity (Wildman–Crippen MR) is 94.9 cm³/mol. The molecule has 1 aromatic heterocycles. The molecule has 1 saturated carbocycles. The molecule has 0 amide bonds. The number of nitrogens with zero attached hydrogens (tertiary/aromatic N) is 3. The van der Waals surface area contributed by atoms with Crippen LogP contribution >= 0.6 is 0 Å². The van der Waals surface area contributed by atoms with Gasteiger partial charge in [0, 0.05) is 32.0 Å². The van der Waals surface area contributed by atoms with E-state index in [9.17, 15) is 0 Å². The number of hydrogen-bond donors (Lipinski definition) is 0. The summed E-state index contributed by atoms with van der Waals surface area (Å²) in [5, 5.41) is 0. The minimum absolute atomic E-state index is 0.672. The summed E-state index contributed by atoms with van der Waals surface area (Å²) in [4.78, 5) is 6.70. The van der Waals surface area contributed by atoms with Crippen molar-refractivity contribution in [2.24, 2.45) is 11.8 Å². The molecule has 128 valence electrons. The first-order valence-electron chi connectivity index (χ1n) is 9.25.